The molecule has 12 heteroatoms. The Morgan fingerprint density at radius 3 is 0.629 bits per heavy atom. The SMILES string of the molecule is Cc1cc(C)cc(-c2cc(N(c3ccccc3)c3ccc4ccc5c(N(c6ccccc6)c6cc(-c7cc(C)cc(C)c7)c(F)cc6F)ccc6ccc3c4c65)c(F)cc2F)c1.Cc1ccc(-c2cc(N(c3ccccc3)c3ccc4ccc5c(N(c6ccccc6)c6cc(-c7ccc(C)c(C)c7)c(F)cc6F)ccc6ccc3c4c65)c(F)cc2F)cc1C. The van der Waals surface area contributed by atoms with Crippen molar-refractivity contribution in [1.29, 1.82) is 0 Å². The van der Waals surface area contributed by atoms with Crippen LogP contribution >= 0.6 is 0 Å². The Morgan fingerprint density at radius 1 is 0.169 bits per heavy atom. The molecular formula is C112H80F8N4. The van der Waals surface area contributed by atoms with E-state index in [1.165, 1.54) is 0 Å². The molecule has 0 saturated heterocycles. The maximum Gasteiger partial charge on any atom is 0.150 e. The van der Waals surface area contributed by atoms with E-state index in [1.807, 2.05) is 366 Å². The van der Waals surface area contributed by atoms with Gasteiger partial charge in [0.05, 0.1) is 45.5 Å². The first-order valence-electron chi connectivity index (χ1n) is 41.2. The summed E-state index contributed by atoms with van der Waals surface area (Å²) in [7, 11) is 0. The fourth-order valence-corrected chi connectivity index (χ4v) is 18.1. The second-order valence-corrected chi connectivity index (χ2v) is 32.4. The average Bonchev–Trinajstić information content (AvgIpc) is 0.720. The van der Waals surface area contributed by atoms with E-state index in [0.717, 1.165) is 133 Å². The number of hydrogen-bond acceptors (Lipinski definition) is 4. The molecule has 0 bridgehead atoms. The highest BCUT2D eigenvalue weighted by Gasteiger charge is 2.31. The highest BCUT2D eigenvalue weighted by atomic mass is 19.2. The normalized spacial score (nSPS) is 11.5. The number of para-hydroxylation sites is 4. The van der Waals surface area contributed by atoms with Crippen molar-refractivity contribution in [3.05, 3.63) is 431 Å². The van der Waals surface area contributed by atoms with Gasteiger partial charge in [0.25, 0.3) is 0 Å². The molecule has 0 saturated carbocycles. The maximum absolute atomic E-state index is 16.5. The molecular weight excluding hydrogens is 1550 g/mol. The van der Waals surface area contributed by atoms with Crippen molar-refractivity contribution < 1.29 is 35.1 Å². The largest absolute Gasteiger partial charge is 0.307 e. The van der Waals surface area contributed by atoms with E-state index in [2.05, 4.69) is 0 Å². The summed E-state index contributed by atoms with van der Waals surface area (Å²) in [4.78, 5) is 7.41. The molecule has 0 aromatic heterocycles. The molecule has 0 aliphatic carbocycles. The van der Waals surface area contributed by atoms with Gasteiger partial charge in [0, 0.05) is 90.8 Å². The summed E-state index contributed by atoms with van der Waals surface area (Å²) < 4.78 is 129. The van der Waals surface area contributed by atoms with Crippen molar-refractivity contribution in [2.75, 3.05) is 19.6 Å². The van der Waals surface area contributed by atoms with Crippen LogP contribution in [0.5, 0.6) is 0 Å². The molecule has 0 aliphatic rings. The highest BCUT2D eigenvalue weighted by molar-refractivity contribution is 6.30. The lowest BCUT2D eigenvalue weighted by molar-refractivity contribution is 0.586. The first kappa shape index (κ1) is 78.9. The van der Waals surface area contributed by atoms with Gasteiger partial charge in [-0.15, -0.1) is 0 Å². The van der Waals surface area contributed by atoms with Gasteiger partial charge in [-0.25, -0.2) is 35.1 Å². The third kappa shape index (κ3) is 14.2. The lowest BCUT2D eigenvalue weighted by atomic mass is 9.91. The molecule has 0 N–H and O–H groups in total. The van der Waals surface area contributed by atoms with Gasteiger partial charge in [0.2, 0.25) is 0 Å². The molecule has 0 radical (unpaired) electrons. The van der Waals surface area contributed by atoms with Crippen LogP contribution in [-0.2, 0) is 0 Å². The third-order valence-electron chi connectivity index (χ3n) is 24.1. The molecule has 0 unspecified atom stereocenters. The minimum Gasteiger partial charge on any atom is -0.307 e. The van der Waals surface area contributed by atoms with Crippen LogP contribution in [-0.4, -0.2) is 0 Å². The summed E-state index contributed by atoms with van der Waals surface area (Å²) in [6.07, 6.45) is 0. The van der Waals surface area contributed by atoms with Gasteiger partial charge in [-0.3, -0.25) is 0 Å². The Morgan fingerprint density at radius 2 is 0.395 bits per heavy atom. The predicted octanol–water partition coefficient (Wildman–Crippen LogP) is 33.3. The number of aryl methyl sites for hydroxylation is 8. The van der Waals surface area contributed by atoms with Gasteiger partial charge in [-0.2, -0.15) is 0 Å². The van der Waals surface area contributed by atoms with Crippen LogP contribution in [0.15, 0.2) is 340 Å². The zero-order chi connectivity index (χ0) is 85.6. The van der Waals surface area contributed by atoms with Gasteiger partial charge in [-0.05, 0) is 240 Å². The number of hydrogen-bond donors (Lipinski definition) is 0. The molecule has 0 atom stereocenters. The summed E-state index contributed by atoms with van der Waals surface area (Å²) >= 11 is 0. The standard InChI is InChI=1S/2C56H40F4N2/c1-33-23-34(2)26-39(25-33)45-29-53(49(59)31-47(45)57)61(41-11-7-5-8-12-41)51-21-17-37-16-20-44-52(22-18-38-15-19-43(51)55(37)56(38)44)62(42-13-9-6-10-14-42)54-30-46(48(58)32-50(54)60)40-27-35(3)24-36(4)28-40;1-33-15-17-39(27-35(33)3)45-29-53(49(59)31-47(45)57)61(41-11-7-5-8-12-41)51-25-21-37-20-24-44-52(26-22-38-19-23-43(51)55(37)56(38)44)62(42-13-9-6-10-14-42)54-30-46(48(58)32-50(54)60)40-18-16-34(2)36(4)28-40/h2*5-32H,1-4H3. The van der Waals surface area contributed by atoms with E-state index in [4.69, 9.17) is 0 Å². The van der Waals surface area contributed by atoms with E-state index in [0.29, 0.717) is 90.0 Å². The molecule has 0 heterocycles. The van der Waals surface area contributed by atoms with Crippen molar-refractivity contribution in [1.82, 2.24) is 0 Å². The van der Waals surface area contributed by atoms with E-state index in [1.54, 1.807) is 24.3 Å². The van der Waals surface area contributed by atoms with Crippen LogP contribution in [0.25, 0.3) is 109 Å². The van der Waals surface area contributed by atoms with Crippen molar-refractivity contribution in [2.45, 2.75) is 55.4 Å². The van der Waals surface area contributed by atoms with Crippen molar-refractivity contribution in [3.63, 3.8) is 0 Å². The zero-order valence-corrected chi connectivity index (χ0v) is 69.1. The summed E-state index contributed by atoms with van der Waals surface area (Å²) in [5.74, 6) is -5.39. The first-order valence-corrected chi connectivity index (χ1v) is 41.2. The van der Waals surface area contributed by atoms with Gasteiger partial charge < -0.3 is 19.6 Å². The Balaban J connectivity index is 0.000000163. The topological polar surface area (TPSA) is 13.0 Å². The molecule has 0 spiro atoms. The summed E-state index contributed by atoms with van der Waals surface area (Å²) in [6, 6.07) is 104. The summed E-state index contributed by atoms with van der Waals surface area (Å²) in [5.41, 5.74) is 18.3. The van der Waals surface area contributed by atoms with Crippen LogP contribution < -0.4 is 19.6 Å². The number of rotatable bonds is 16. The molecule has 124 heavy (non-hydrogen) atoms. The van der Waals surface area contributed by atoms with Crippen molar-refractivity contribution in [3.8, 4) is 44.5 Å². The van der Waals surface area contributed by atoms with E-state index >= 15 is 35.1 Å². The van der Waals surface area contributed by atoms with E-state index < -0.39 is 46.5 Å². The van der Waals surface area contributed by atoms with Crippen molar-refractivity contribution >= 4 is 133 Å². The fraction of sp³-hybridized carbons (Fsp3) is 0.0714. The first-order chi connectivity index (χ1) is 60.1. The van der Waals surface area contributed by atoms with Crippen LogP contribution in [0.4, 0.5) is 103 Å². The molecule has 4 nitrogen and oxygen atoms in total. The number of halogens is 8. The highest BCUT2D eigenvalue weighted by Crippen LogP contribution is 2.53. The van der Waals surface area contributed by atoms with Crippen LogP contribution in [0, 0.1) is 102 Å². The van der Waals surface area contributed by atoms with Crippen LogP contribution in [0.1, 0.15) is 44.5 Å². The molecule has 20 aromatic carbocycles. The molecule has 20 rings (SSSR count). The lowest BCUT2D eigenvalue weighted by Gasteiger charge is -2.30. The fourth-order valence-electron chi connectivity index (χ4n) is 18.1. The Kier molecular flexibility index (Phi) is 20.3. The predicted molar refractivity (Wildman–Crippen MR) is 498 cm³/mol. The lowest BCUT2D eigenvalue weighted by Crippen LogP contribution is -2.14. The third-order valence-corrected chi connectivity index (χ3v) is 24.1. The van der Waals surface area contributed by atoms with Crippen LogP contribution in [0.2, 0.25) is 0 Å². The van der Waals surface area contributed by atoms with E-state index in [9.17, 15) is 0 Å². The maximum atomic E-state index is 16.5. The Labute approximate surface area is 714 Å². The minimum atomic E-state index is -0.702. The van der Waals surface area contributed by atoms with Gasteiger partial charge in [0.1, 0.15) is 46.5 Å². The Hall–Kier alpha value is -14.9. The van der Waals surface area contributed by atoms with E-state index in [-0.39, 0.29) is 22.7 Å². The summed E-state index contributed by atoms with van der Waals surface area (Å²) in [6.45, 7) is 15.8. The molecule has 0 amide bonds. The second kappa shape index (κ2) is 31.9. The molecule has 0 fully saturated rings. The van der Waals surface area contributed by atoms with Crippen molar-refractivity contribution in [2.24, 2.45) is 0 Å². The van der Waals surface area contributed by atoms with Gasteiger partial charge in [0.15, 0.2) is 0 Å². The van der Waals surface area contributed by atoms with Gasteiger partial charge in [-0.1, -0.05) is 241 Å². The molecule has 20 aromatic rings. The molecule has 604 valence electrons. The number of nitrogens with zero attached hydrogens (tertiary/aromatic N) is 4. The quantitative estimate of drug-likeness (QED) is 0.0706. The molecule has 0 aliphatic heterocycles. The average molecular weight is 1630 g/mol. The number of anilines is 12. The minimum absolute atomic E-state index is 0.197. The second-order valence-electron chi connectivity index (χ2n) is 32.4. The number of benzene rings is 20. The van der Waals surface area contributed by atoms with Gasteiger partial charge >= 0.3 is 0 Å². The van der Waals surface area contributed by atoms with Crippen LogP contribution in [0.3, 0.4) is 0 Å². The Bertz CT molecular complexity index is 7100. The zero-order valence-electron chi connectivity index (χ0n) is 69.1. The summed E-state index contributed by atoms with van der Waals surface area (Å²) in [5, 5.41) is 10.9. The smallest absolute Gasteiger partial charge is 0.150 e. The monoisotopic (exact) mass is 1630 g/mol.